The Bertz CT molecular complexity index is 682. The lowest BCUT2D eigenvalue weighted by atomic mass is 10.0. The predicted octanol–water partition coefficient (Wildman–Crippen LogP) is 3.57. The van der Waals surface area contributed by atoms with E-state index in [4.69, 9.17) is 0 Å². The third-order valence-corrected chi connectivity index (χ3v) is 2.53. The summed E-state index contributed by atoms with van der Waals surface area (Å²) >= 11 is 0. The first kappa shape index (κ1) is 13.4. The average Bonchev–Trinajstić information content (AvgIpc) is 2.26. The van der Waals surface area contributed by atoms with E-state index in [9.17, 15) is 31.1 Å². The van der Waals surface area contributed by atoms with Gasteiger partial charge in [0.25, 0.3) is 5.56 Å². The number of rotatable bonds is 0. The lowest BCUT2D eigenvalue weighted by Crippen LogP contribution is -2.14. The van der Waals surface area contributed by atoms with Crippen molar-refractivity contribution in [2.24, 2.45) is 0 Å². The third kappa shape index (κ3) is 2.42. The molecule has 0 fully saturated rings. The number of aromatic nitrogens is 1. The minimum absolute atomic E-state index is 0.327. The van der Waals surface area contributed by atoms with E-state index in [1.807, 2.05) is 4.98 Å². The summed E-state index contributed by atoms with van der Waals surface area (Å²) in [4.78, 5) is 13.2. The van der Waals surface area contributed by atoms with E-state index < -0.39 is 39.8 Å². The molecule has 8 heteroatoms. The molecule has 0 aliphatic carbocycles. The van der Waals surface area contributed by atoms with E-state index in [0.29, 0.717) is 18.3 Å². The van der Waals surface area contributed by atoms with Crippen molar-refractivity contribution < 1.29 is 26.3 Å². The van der Waals surface area contributed by atoms with Crippen LogP contribution in [0.1, 0.15) is 11.1 Å². The first-order chi connectivity index (χ1) is 8.60. The lowest BCUT2D eigenvalue weighted by molar-refractivity contribution is -0.139. The number of pyridine rings is 1. The molecule has 1 heterocycles. The van der Waals surface area contributed by atoms with Crippen LogP contribution >= 0.6 is 0 Å². The molecule has 0 atom stereocenters. The Morgan fingerprint density at radius 3 is 2.05 bits per heavy atom. The largest absolute Gasteiger partial charge is 0.418 e. The topological polar surface area (TPSA) is 32.9 Å². The summed E-state index contributed by atoms with van der Waals surface area (Å²) in [5.41, 5.74) is -3.43. The maximum atomic E-state index is 12.7. The highest BCUT2D eigenvalue weighted by molar-refractivity contribution is 5.85. The summed E-state index contributed by atoms with van der Waals surface area (Å²) in [6.45, 7) is 0. The van der Waals surface area contributed by atoms with Crippen LogP contribution < -0.4 is 5.56 Å². The molecule has 0 bridgehead atoms. The fourth-order valence-electron chi connectivity index (χ4n) is 1.67. The molecule has 2 rings (SSSR count). The summed E-state index contributed by atoms with van der Waals surface area (Å²) in [5.74, 6) is 0. The van der Waals surface area contributed by atoms with Gasteiger partial charge in [0.05, 0.1) is 11.1 Å². The number of nitrogens with one attached hydrogen (secondary N) is 1. The van der Waals surface area contributed by atoms with Crippen molar-refractivity contribution in [2.45, 2.75) is 12.4 Å². The molecule has 0 radical (unpaired) electrons. The van der Waals surface area contributed by atoms with Crippen LogP contribution in [0.2, 0.25) is 0 Å². The van der Waals surface area contributed by atoms with Crippen molar-refractivity contribution >= 4 is 10.8 Å². The van der Waals surface area contributed by atoms with E-state index in [2.05, 4.69) is 0 Å². The normalized spacial score (nSPS) is 12.9. The van der Waals surface area contributed by atoms with Crippen LogP contribution in [-0.4, -0.2) is 4.98 Å². The van der Waals surface area contributed by atoms with Crippen LogP contribution in [0.5, 0.6) is 0 Å². The van der Waals surface area contributed by atoms with Gasteiger partial charge in [0.1, 0.15) is 0 Å². The van der Waals surface area contributed by atoms with Gasteiger partial charge in [0, 0.05) is 17.0 Å². The summed E-state index contributed by atoms with van der Waals surface area (Å²) in [5, 5.41) is -1.21. The fraction of sp³-hybridized carbons (Fsp3) is 0.182. The Hall–Kier alpha value is -1.99. The highest BCUT2D eigenvalue weighted by Gasteiger charge is 2.35. The number of halogens is 6. The number of hydrogen-bond donors (Lipinski definition) is 1. The van der Waals surface area contributed by atoms with E-state index in [1.165, 1.54) is 0 Å². The Kier molecular flexibility index (Phi) is 2.83. The summed E-state index contributed by atoms with van der Waals surface area (Å²) in [7, 11) is 0. The molecule has 1 N–H and O–H groups in total. The Morgan fingerprint density at radius 2 is 1.53 bits per heavy atom. The van der Waals surface area contributed by atoms with Crippen LogP contribution in [0.15, 0.2) is 29.2 Å². The smallest absolute Gasteiger partial charge is 0.328 e. The number of alkyl halides is 6. The zero-order chi connectivity index (χ0) is 14.4. The zero-order valence-electron chi connectivity index (χ0n) is 8.99. The molecular formula is C11H5F6NO. The van der Waals surface area contributed by atoms with Crippen LogP contribution in [-0.2, 0) is 12.4 Å². The van der Waals surface area contributed by atoms with Crippen molar-refractivity contribution in [1.82, 2.24) is 4.98 Å². The van der Waals surface area contributed by atoms with Gasteiger partial charge in [-0.25, -0.2) is 0 Å². The molecule has 19 heavy (non-hydrogen) atoms. The van der Waals surface area contributed by atoms with Gasteiger partial charge >= 0.3 is 12.4 Å². The molecule has 0 amide bonds. The Balaban J connectivity index is 2.86. The van der Waals surface area contributed by atoms with E-state index >= 15 is 0 Å². The van der Waals surface area contributed by atoms with Crippen LogP contribution in [0.25, 0.3) is 10.8 Å². The van der Waals surface area contributed by atoms with Crippen LogP contribution in [0.4, 0.5) is 26.3 Å². The molecular weight excluding hydrogens is 276 g/mol. The number of hydrogen-bond acceptors (Lipinski definition) is 1. The van der Waals surface area contributed by atoms with Gasteiger partial charge in [-0.2, -0.15) is 26.3 Å². The van der Waals surface area contributed by atoms with Gasteiger partial charge in [0.15, 0.2) is 0 Å². The fourth-order valence-corrected chi connectivity index (χ4v) is 1.67. The summed E-state index contributed by atoms with van der Waals surface area (Å²) in [6, 6.07) is 1.62. The molecule has 2 nitrogen and oxygen atoms in total. The van der Waals surface area contributed by atoms with Crippen molar-refractivity contribution in [3.63, 3.8) is 0 Å². The number of H-pyrrole nitrogens is 1. The highest BCUT2D eigenvalue weighted by Crippen LogP contribution is 2.36. The van der Waals surface area contributed by atoms with Gasteiger partial charge < -0.3 is 4.98 Å². The third-order valence-electron chi connectivity index (χ3n) is 2.53. The molecule has 0 aliphatic heterocycles. The maximum absolute atomic E-state index is 12.7. The maximum Gasteiger partial charge on any atom is 0.418 e. The van der Waals surface area contributed by atoms with Gasteiger partial charge in [-0.05, 0) is 18.2 Å². The molecule has 1 aromatic heterocycles. The van der Waals surface area contributed by atoms with Gasteiger partial charge in [0.2, 0.25) is 0 Å². The molecule has 0 spiro atoms. The van der Waals surface area contributed by atoms with E-state index in [0.717, 1.165) is 6.07 Å². The Morgan fingerprint density at radius 1 is 0.895 bits per heavy atom. The van der Waals surface area contributed by atoms with Crippen LogP contribution in [0.3, 0.4) is 0 Å². The monoisotopic (exact) mass is 281 g/mol. The second-order valence-corrected chi connectivity index (χ2v) is 3.79. The lowest BCUT2D eigenvalue weighted by Gasteiger charge is -2.12. The molecule has 0 saturated carbocycles. The SMILES string of the molecule is O=c1[nH]cc(C(F)(F)F)c2cc(C(F)(F)F)ccc12. The number of aromatic amines is 1. The zero-order valence-corrected chi connectivity index (χ0v) is 8.99. The minimum Gasteiger partial charge on any atom is -0.328 e. The summed E-state index contributed by atoms with van der Waals surface area (Å²) in [6.07, 6.45) is -9.27. The van der Waals surface area contributed by atoms with Crippen LogP contribution in [0, 0.1) is 0 Å². The first-order valence-corrected chi connectivity index (χ1v) is 4.90. The van der Waals surface area contributed by atoms with E-state index in [-0.39, 0.29) is 0 Å². The number of fused-ring (bicyclic) bond motifs is 1. The van der Waals surface area contributed by atoms with Gasteiger partial charge in [-0.3, -0.25) is 4.79 Å². The molecule has 0 unspecified atom stereocenters. The second kappa shape index (κ2) is 4.01. The summed E-state index contributed by atoms with van der Waals surface area (Å²) < 4.78 is 75.5. The van der Waals surface area contributed by atoms with Gasteiger partial charge in [-0.1, -0.05) is 0 Å². The average molecular weight is 281 g/mol. The highest BCUT2D eigenvalue weighted by atomic mass is 19.4. The van der Waals surface area contributed by atoms with E-state index in [1.54, 1.807) is 0 Å². The Labute approximate surface area is 101 Å². The quantitative estimate of drug-likeness (QED) is 0.736. The minimum atomic E-state index is -4.85. The number of benzene rings is 1. The second-order valence-electron chi connectivity index (χ2n) is 3.79. The molecule has 2 aromatic rings. The van der Waals surface area contributed by atoms with Crippen molar-refractivity contribution in [3.05, 3.63) is 45.9 Å². The first-order valence-electron chi connectivity index (χ1n) is 4.90. The molecule has 102 valence electrons. The van der Waals surface area contributed by atoms with Gasteiger partial charge in [-0.15, -0.1) is 0 Å². The van der Waals surface area contributed by atoms with Crippen molar-refractivity contribution in [1.29, 1.82) is 0 Å². The molecule has 1 aromatic carbocycles. The van der Waals surface area contributed by atoms with Crippen molar-refractivity contribution in [2.75, 3.05) is 0 Å². The molecule has 0 saturated heterocycles. The van der Waals surface area contributed by atoms with Crippen molar-refractivity contribution in [3.8, 4) is 0 Å². The molecule has 0 aliphatic rings. The predicted molar refractivity (Wildman–Crippen MR) is 54.6 cm³/mol. The standard InChI is InChI=1S/C11H5F6NO/c12-10(13,14)5-1-2-6-7(3-5)8(11(15,16)17)4-18-9(6)19/h1-4H,(H,18,19).